The van der Waals surface area contributed by atoms with Crippen molar-refractivity contribution in [3.8, 4) is 31.7 Å². The van der Waals surface area contributed by atoms with Gasteiger partial charge in [-0.1, -0.05) is 54.6 Å². The van der Waals surface area contributed by atoms with Crippen molar-refractivity contribution in [1.29, 1.82) is 0 Å². The van der Waals surface area contributed by atoms with Crippen LogP contribution in [-0.4, -0.2) is 170 Å². The number of hydrogen-bond donors (Lipinski definition) is 11. The maximum absolute atomic E-state index is 11.8. The number of benzene rings is 3. The highest BCUT2D eigenvalue weighted by Gasteiger charge is 2.56. The van der Waals surface area contributed by atoms with E-state index in [1.807, 2.05) is 144 Å². The molecular weight excluding hydrogens is 1590 g/mol. The number of aliphatic hydroxyl groups excluding tert-OH is 2. The second-order valence-electron chi connectivity index (χ2n) is 29.7. The van der Waals surface area contributed by atoms with Crippen LogP contribution in [0.3, 0.4) is 0 Å². The summed E-state index contributed by atoms with van der Waals surface area (Å²) in [6.07, 6.45) is 1.23. The third kappa shape index (κ3) is 18.9. The zero-order chi connectivity index (χ0) is 79.1. The summed E-state index contributed by atoms with van der Waals surface area (Å²) in [5, 5.41) is 50.7. The van der Waals surface area contributed by atoms with Crippen molar-refractivity contribution in [3.63, 3.8) is 0 Å². The van der Waals surface area contributed by atoms with E-state index in [2.05, 4.69) is 76.0 Å². The lowest BCUT2D eigenvalue weighted by atomic mass is 10.1. The molecule has 12 N–H and O–H groups in total. The van der Waals surface area contributed by atoms with E-state index < -0.39 is 55.8 Å². The summed E-state index contributed by atoms with van der Waals surface area (Å²) in [5.74, 6) is 1.75. The molecule has 36 heteroatoms. The van der Waals surface area contributed by atoms with Gasteiger partial charge in [-0.05, 0) is 145 Å². The van der Waals surface area contributed by atoms with Gasteiger partial charge in [-0.15, -0.1) is 68.0 Å². The highest BCUT2D eigenvalue weighted by Crippen LogP contribution is 2.47. The number of nitrogens with one attached hydrogen (secondary N) is 8. The first kappa shape index (κ1) is 80.2. The van der Waals surface area contributed by atoms with Gasteiger partial charge in [0.05, 0.1) is 133 Å². The van der Waals surface area contributed by atoms with Gasteiger partial charge in [-0.25, -0.2) is 56.2 Å². The molecule has 0 bridgehead atoms. The molecule has 12 atom stereocenters. The van der Waals surface area contributed by atoms with Gasteiger partial charge in [0.15, 0.2) is 11.6 Å². The number of aliphatic hydroxyl groups is 2. The Bertz CT molecular complexity index is 5460. The number of thiazole rings is 3. The van der Waals surface area contributed by atoms with Crippen LogP contribution in [0.15, 0.2) is 125 Å². The number of aryl methyl sites for hydroxylation is 3. The van der Waals surface area contributed by atoms with Gasteiger partial charge >= 0.3 is 0 Å². The lowest BCUT2D eigenvalue weighted by molar-refractivity contribution is -0.157. The predicted octanol–water partition coefficient (Wildman–Crippen LogP) is 12.4. The molecule has 12 aromatic rings. The molecule has 0 spiro atoms. The van der Waals surface area contributed by atoms with Crippen LogP contribution in [0, 0.1) is 38.5 Å². The standard InChI is InChI=1S/C27H32N6O4S3.C26H30N6O2S2.C24H28N6O4S3/c1-15-21(25-32-18-9-5-6-10-20(18)39-25)24(33-26(30-15)28-14-17-8-7-11-38-17)31-19-12-16(13-29-40(4,34)35)22-23(19)37-27(2,3)36-22;1-14-20(24-31-17-8-4-5-9-19(17)36-24)23(32-25(29-14)28-13-16-7-6-10-35-16)30-18-11-15(12-27)21-22(18)34-26(2,3)33-21;1-13-19(23-29-16-7-3-4-8-18(16)36-23)22(30-24(27-13)25-12-15-6-5-9-35-15)28-17-10-14(20(31)21(17)32)11-26-37(2,33)34/h5-11,16,19,22-23,29H,12-14H2,1-4H3,(H2,28,30,31,33);4-10,15,18,21-22H,11-13,27H2,1-3H3,(H2,28,29,30,32);3-9,14,17,20-21,26,31-32H,10-12H2,1-2H3,(H2,25,27,28,30)/t16-,19-,22-,23+;15-,18-,21-,22+;14-,17-,20-,21+/m111/s1. The average molecular weight is 1680 g/mol. The summed E-state index contributed by atoms with van der Waals surface area (Å²) >= 11 is 9.80. The summed E-state index contributed by atoms with van der Waals surface area (Å²) in [7, 11) is -6.76. The largest absolute Gasteiger partial charge is 0.390 e. The Morgan fingerprint density at radius 2 is 0.770 bits per heavy atom. The van der Waals surface area contributed by atoms with Crippen LogP contribution in [-0.2, 0) is 58.6 Å². The molecule has 5 aliphatic rings. The van der Waals surface area contributed by atoms with Crippen LogP contribution in [0.4, 0.5) is 35.3 Å². The predicted molar refractivity (Wildman–Crippen MR) is 452 cm³/mol. The Hall–Kier alpha value is -7.99. The fourth-order valence-electron chi connectivity index (χ4n) is 15.1. The van der Waals surface area contributed by atoms with Gasteiger partial charge in [-0.2, -0.15) is 15.0 Å². The van der Waals surface area contributed by atoms with E-state index in [0.717, 1.165) is 97.1 Å². The first-order chi connectivity index (χ1) is 54.1. The normalized spacial score (nSPS) is 23.5. The maximum atomic E-state index is 11.8. The fourth-order valence-corrected chi connectivity index (χ4v) is 21.3. The lowest BCUT2D eigenvalue weighted by Gasteiger charge is -2.25. The Kier molecular flexibility index (Phi) is 23.9. The smallest absolute Gasteiger partial charge is 0.225 e. The van der Waals surface area contributed by atoms with Crippen molar-refractivity contribution >= 4 is 154 Å². The number of hydrogen-bond acceptors (Lipinski definition) is 32. The third-order valence-electron chi connectivity index (χ3n) is 20.2. The zero-order valence-corrected chi connectivity index (χ0v) is 70.0. The molecule has 0 unspecified atom stereocenters. The van der Waals surface area contributed by atoms with E-state index in [1.165, 1.54) is 27.3 Å². The highest BCUT2D eigenvalue weighted by atomic mass is 32.2. The van der Waals surface area contributed by atoms with Gasteiger partial charge in [0.1, 0.15) is 50.8 Å². The van der Waals surface area contributed by atoms with E-state index in [4.69, 9.17) is 64.6 Å². The molecule has 0 radical (unpaired) electrons. The molecule has 2 aliphatic heterocycles. The molecular formula is C77H90N18O10S8. The molecule has 113 heavy (non-hydrogen) atoms. The summed E-state index contributed by atoms with van der Waals surface area (Å²) in [6.45, 7) is 16.3. The molecule has 11 heterocycles. The molecule has 5 fully saturated rings. The quantitative estimate of drug-likeness (QED) is 0.0253. The topological polar surface area (TPSA) is 384 Å². The average Bonchev–Trinajstić information content (AvgIpc) is 1.61. The molecule has 0 amide bonds. The first-order valence-electron chi connectivity index (χ1n) is 37.1. The van der Waals surface area contributed by atoms with Gasteiger partial charge in [-0.3, -0.25) is 0 Å². The number of nitrogens with zero attached hydrogens (tertiary/aromatic N) is 9. The summed E-state index contributed by atoms with van der Waals surface area (Å²) < 4.78 is 80.3. The van der Waals surface area contributed by atoms with Crippen molar-refractivity contribution < 1.29 is 46.0 Å². The van der Waals surface area contributed by atoms with Crippen LogP contribution in [0.5, 0.6) is 0 Å². The second-order valence-corrected chi connectivity index (χ2v) is 39.5. The summed E-state index contributed by atoms with van der Waals surface area (Å²) in [4.78, 5) is 47.1. The minimum Gasteiger partial charge on any atom is -0.390 e. The van der Waals surface area contributed by atoms with Crippen molar-refractivity contribution in [1.82, 2.24) is 54.3 Å². The van der Waals surface area contributed by atoms with Crippen LogP contribution in [0.25, 0.3) is 62.4 Å². The second kappa shape index (κ2) is 33.7. The van der Waals surface area contributed by atoms with Crippen LogP contribution >= 0.6 is 68.0 Å². The number of nitrogens with two attached hydrogens (primary N) is 1. The number of rotatable bonds is 25. The Balaban J connectivity index is 0.000000134. The van der Waals surface area contributed by atoms with Gasteiger partial charge in [0.25, 0.3) is 0 Å². The Morgan fingerprint density at radius 1 is 0.434 bits per heavy atom. The van der Waals surface area contributed by atoms with Crippen LogP contribution < -0.4 is 47.1 Å². The molecule has 28 nitrogen and oxygen atoms in total. The van der Waals surface area contributed by atoms with E-state index in [0.29, 0.717) is 74.2 Å². The van der Waals surface area contributed by atoms with Gasteiger partial charge < -0.3 is 66.8 Å². The summed E-state index contributed by atoms with van der Waals surface area (Å²) in [5.41, 5.74) is 13.8. The first-order valence-corrected chi connectivity index (χ1v) is 46.0. The molecule has 3 aliphatic carbocycles. The minimum atomic E-state index is -3.42. The van der Waals surface area contributed by atoms with Crippen molar-refractivity contribution in [3.05, 3.63) is 157 Å². The van der Waals surface area contributed by atoms with Crippen molar-refractivity contribution in [2.45, 2.75) is 154 Å². The van der Waals surface area contributed by atoms with Crippen molar-refractivity contribution in [2.75, 3.05) is 64.0 Å². The van der Waals surface area contributed by atoms with Gasteiger partial charge in [0.2, 0.25) is 37.9 Å². The minimum absolute atomic E-state index is 0.0119. The van der Waals surface area contributed by atoms with E-state index in [-0.39, 0.29) is 61.4 Å². The molecule has 2 saturated heterocycles. The third-order valence-corrected chi connectivity index (χ3v) is 27.4. The molecule has 9 aromatic heterocycles. The maximum Gasteiger partial charge on any atom is 0.225 e. The molecule has 596 valence electrons. The Morgan fingerprint density at radius 3 is 1.12 bits per heavy atom. The lowest BCUT2D eigenvalue weighted by Crippen LogP contribution is -2.37. The van der Waals surface area contributed by atoms with E-state index in [1.54, 1.807) is 56.7 Å². The summed E-state index contributed by atoms with van der Waals surface area (Å²) in [6, 6.07) is 35.6. The van der Waals surface area contributed by atoms with Gasteiger partial charge in [0, 0.05) is 45.5 Å². The molecule has 17 rings (SSSR count). The number of sulfonamides is 2. The van der Waals surface area contributed by atoms with E-state index in [9.17, 15) is 27.0 Å². The van der Waals surface area contributed by atoms with Crippen LogP contribution in [0.2, 0.25) is 0 Å². The zero-order valence-electron chi connectivity index (χ0n) is 63.4. The van der Waals surface area contributed by atoms with E-state index >= 15 is 0 Å². The monoisotopic (exact) mass is 1680 g/mol. The fraction of sp³-hybridized carbons (Fsp3) is 0.416. The number of fused-ring (bicyclic) bond motifs is 5. The number of anilines is 6. The van der Waals surface area contributed by atoms with Crippen molar-refractivity contribution in [2.24, 2.45) is 23.5 Å². The molecule has 3 aromatic carbocycles. The SMILES string of the molecule is Cc1nc(NCc2cccs2)nc(N[C@@H]2C[C@H](CN)[C@H]3OC(C)(C)O[C@H]32)c1-c1nc2ccccc2s1.Cc1nc(NCc2cccs2)nc(N[C@@H]2C[C@H](CNS(C)(=O)=O)[C@@H](O)[C@H]2O)c1-c1nc2ccccc2s1.Cc1nc(NCc2cccs2)nc(N[C@@H]2C[C@H](CNS(C)(=O)=O)[C@H]3OC(C)(C)O[C@H]32)c1-c1nc2ccccc2s1. The number of thiophene rings is 3. The van der Waals surface area contributed by atoms with Crippen LogP contribution in [0.1, 0.15) is 78.7 Å². The Labute approximate surface area is 679 Å². The molecule has 3 saturated carbocycles. The highest BCUT2D eigenvalue weighted by molar-refractivity contribution is 7.89. The number of para-hydroxylation sites is 3. The number of ether oxygens (including phenoxy) is 4. The number of aromatic nitrogens is 9.